The van der Waals surface area contributed by atoms with Crippen molar-refractivity contribution in [3.63, 3.8) is 0 Å². The molecule has 1 N–H and O–H groups in total. The van der Waals surface area contributed by atoms with E-state index in [1.54, 1.807) is 0 Å². The Morgan fingerprint density at radius 1 is 1.30 bits per heavy atom. The zero-order valence-electron chi connectivity index (χ0n) is 10.7. The average Bonchev–Trinajstić information content (AvgIpc) is 2.90. The Balaban J connectivity index is 1.58. The standard InChI is InChI=1S/C14H13N5O/c20-14(12-9-15-6-7-16-12)17-5-4-11-10-19-8-2-1-3-13(19)18-11/h1-3,6-10H,4-5H2,(H,17,20). The molecule has 3 rings (SSSR count). The number of carbonyl (C=O) groups is 1. The smallest absolute Gasteiger partial charge is 0.271 e. The molecule has 0 aromatic carbocycles. The third-order valence-corrected chi connectivity index (χ3v) is 2.88. The summed E-state index contributed by atoms with van der Waals surface area (Å²) >= 11 is 0. The van der Waals surface area contributed by atoms with Crippen molar-refractivity contribution in [3.8, 4) is 0 Å². The molecular formula is C14H13N5O. The third-order valence-electron chi connectivity index (χ3n) is 2.88. The summed E-state index contributed by atoms with van der Waals surface area (Å²) in [5, 5.41) is 2.80. The molecule has 0 atom stereocenters. The summed E-state index contributed by atoms with van der Waals surface area (Å²) < 4.78 is 1.96. The molecule has 3 heterocycles. The number of aromatic nitrogens is 4. The van der Waals surface area contributed by atoms with Gasteiger partial charge in [-0.2, -0.15) is 0 Å². The van der Waals surface area contributed by atoms with Crippen LogP contribution in [0.15, 0.2) is 49.2 Å². The van der Waals surface area contributed by atoms with Crippen LogP contribution in [-0.4, -0.2) is 31.8 Å². The molecule has 0 spiro atoms. The van der Waals surface area contributed by atoms with E-state index in [1.807, 2.05) is 35.0 Å². The molecule has 0 saturated carbocycles. The highest BCUT2D eigenvalue weighted by atomic mass is 16.1. The van der Waals surface area contributed by atoms with E-state index in [9.17, 15) is 4.79 Å². The summed E-state index contributed by atoms with van der Waals surface area (Å²) in [5.41, 5.74) is 2.17. The number of nitrogens with zero attached hydrogens (tertiary/aromatic N) is 4. The summed E-state index contributed by atoms with van der Waals surface area (Å²) in [5.74, 6) is -0.220. The second kappa shape index (κ2) is 5.48. The van der Waals surface area contributed by atoms with E-state index >= 15 is 0 Å². The van der Waals surface area contributed by atoms with E-state index in [2.05, 4.69) is 20.3 Å². The van der Waals surface area contributed by atoms with Crippen molar-refractivity contribution in [1.29, 1.82) is 0 Å². The van der Waals surface area contributed by atoms with Crippen LogP contribution in [0.5, 0.6) is 0 Å². The summed E-state index contributed by atoms with van der Waals surface area (Å²) in [4.78, 5) is 24.0. The summed E-state index contributed by atoms with van der Waals surface area (Å²) in [7, 11) is 0. The molecule has 0 aliphatic carbocycles. The zero-order valence-corrected chi connectivity index (χ0v) is 10.7. The van der Waals surface area contributed by atoms with Crippen molar-refractivity contribution in [2.75, 3.05) is 6.54 Å². The van der Waals surface area contributed by atoms with E-state index in [4.69, 9.17) is 0 Å². The molecule has 0 unspecified atom stereocenters. The second-order valence-corrected chi connectivity index (χ2v) is 4.29. The Bertz CT molecular complexity index is 690. The van der Waals surface area contributed by atoms with E-state index in [-0.39, 0.29) is 5.91 Å². The van der Waals surface area contributed by atoms with Crippen LogP contribution in [0.4, 0.5) is 0 Å². The van der Waals surface area contributed by atoms with Crippen LogP contribution in [0, 0.1) is 0 Å². The van der Waals surface area contributed by atoms with Gasteiger partial charge in [0.05, 0.1) is 11.9 Å². The Hall–Kier alpha value is -2.76. The number of nitrogens with one attached hydrogen (secondary N) is 1. The number of hydrogen-bond acceptors (Lipinski definition) is 4. The molecule has 0 radical (unpaired) electrons. The normalized spacial score (nSPS) is 10.6. The molecule has 0 fully saturated rings. The van der Waals surface area contributed by atoms with E-state index in [0.717, 1.165) is 11.3 Å². The fourth-order valence-electron chi connectivity index (χ4n) is 1.92. The molecule has 3 aromatic heterocycles. The molecule has 0 aliphatic rings. The number of carbonyl (C=O) groups excluding carboxylic acids is 1. The van der Waals surface area contributed by atoms with Gasteiger partial charge in [-0.15, -0.1) is 0 Å². The van der Waals surface area contributed by atoms with Gasteiger partial charge in [0.25, 0.3) is 5.91 Å². The summed E-state index contributed by atoms with van der Waals surface area (Å²) in [6.07, 6.45) is 9.06. The first-order valence-electron chi connectivity index (χ1n) is 6.30. The SMILES string of the molecule is O=C(NCCc1cn2ccccc2n1)c1cnccn1. The predicted molar refractivity (Wildman–Crippen MR) is 73.3 cm³/mol. The molecule has 20 heavy (non-hydrogen) atoms. The maximum absolute atomic E-state index is 11.8. The van der Waals surface area contributed by atoms with E-state index in [1.165, 1.54) is 18.6 Å². The number of amides is 1. The number of pyridine rings is 1. The van der Waals surface area contributed by atoms with Crippen molar-refractivity contribution in [2.24, 2.45) is 0 Å². The predicted octanol–water partition coefficient (Wildman–Crippen LogP) is 1.10. The first kappa shape index (κ1) is 12.3. The Morgan fingerprint density at radius 3 is 3.05 bits per heavy atom. The van der Waals surface area contributed by atoms with Gasteiger partial charge in [0.1, 0.15) is 11.3 Å². The van der Waals surface area contributed by atoms with Gasteiger partial charge in [-0.05, 0) is 12.1 Å². The number of imidazole rings is 1. The van der Waals surface area contributed by atoms with Gasteiger partial charge in [0.2, 0.25) is 0 Å². The minimum atomic E-state index is -0.220. The zero-order chi connectivity index (χ0) is 13.8. The highest BCUT2D eigenvalue weighted by molar-refractivity contribution is 5.91. The van der Waals surface area contributed by atoms with Crippen LogP contribution in [-0.2, 0) is 6.42 Å². The highest BCUT2D eigenvalue weighted by Crippen LogP contribution is 2.04. The number of hydrogen-bond donors (Lipinski definition) is 1. The lowest BCUT2D eigenvalue weighted by Gasteiger charge is -2.02. The Morgan fingerprint density at radius 2 is 2.25 bits per heavy atom. The van der Waals surface area contributed by atoms with Crippen LogP contribution in [0.2, 0.25) is 0 Å². The van der Waals surface area contributed by atoms with Gasteiger partial charge in [0.15, 0.2) is 0 Å². The van der Waals surface area contributed by atoms with Crippen LogP contribution in [0.25, 0.3) is 5.65 Å². The lowest BCUT2D eigenvalue weighted by Crippen LogP contribution is -2.26. The van der Waals surface area contributed by atoms with Gasteiger partial charge < -0.3 is 9.72 Å². The van der Waals surface area contributed by atoms with E-state index in [0.29, 0.717) is 18.7 Å². The summed E-state index contributed by atoms with van der Waals surface area (Å²) in [6, 6.07) is 5.85. The largest absolute Gasteiger partial charge is 0.350 e. The van der Waals surface area contributed by atoms with Crippen LogP contribution in [0.3, 0.4) is 0 Å². The fourth-order valence-corrected chi connectivity index (χ4v) is 1.92. The lowest BCUT2D eigenvalue weighted by molar-refractivity contribution is 0.0948. The minimum Gasteiger partial charge on any atom is -0.350 e. The number of fused-ring (bicyclic) bond motifs is 1. The van der Waals surface area contributed by atoms with Crippen molar-refractivity contribution in [2.45, 2.75) is 6.42 Å². The molecule has 100 valence electrons. The molecule has 6 heteroatoms. The Labute approximate surface area is 115 Å². The van der Waals surface area contributed by atoms with Crippen LogP contribution < -0.4 is 5.32 Å². The molecule has 1 amide bonds. The molecule has 3 aromatic rings. The van der Waals surface area contributed by atoms with Gasteiger partial charge in [-0.3, -0.25) is 9.78 Å². The number of rotatable bonds is 4. The van der Waals surface area contributed by atoms with Crippen molar-refractivity contribution in [1.82, 2.24) is 24.7 Å². The third kappa shape index (κ3) is 2.64. The van der Waals surface area contributed by atoms with Crippen molar-refractivity contribution >= 4 is 11.6 Å². The molecule has 6 nitrogen and oxygen atoms in total. The van der Waals surface area contributed by atoms with E-state index < -0.39 is 0 Å². The molecular weight excluding hydrogens is 254 g/mol. The average molecular weight is 267 g/mol. The highest BCUT2D eigenvalue weighted by Gasteiger charge is 2.06. The van der Waals surface area contributed by atoms with Crippen molar-refractivity contribution < 1.29 is 4.79 Å². The molecule has 0 saturated heterocycles. The van der Waals surface area contributed by atoms with Gasteiger partial charge >= 0.3 is 0 Å². The van der Waals surface area contributed by atoms with Crippen molar-refractivity contribution in [3.05, 3.63) is 60.6 Å². The monoisotopic (exact) mass is 267 g/mol. The van der Waals surface area contributed by atoms with Gasteiger partial charge in [0, 0.05) is 37.8 Å². The topological polar surface area (TPSA) is 72.2 Å². The molecule has 0 bridgehead atoms. The van der Waals surface area contributed by atoms with Crippen LogP contribution in [0.1, 0.15) is 16.2 Å². The second-order valence-electron chi connectivity index (χ2n) is 4.29. The van der Waals surface area contributed by atoms with Gasteiger partial charge in [-0.1, -0.05) is 6.07 Å². The first-order chi connectivity index (χ1) is 9.83. The maximum Gasteiger partial charge on any atom is 0.271 e. The quantitative estimate of drug-likeness (QED) is 0.768. The Kier molecular flexibility index (Phi) is 3.36. The first-order valence-corrected chi connectivity index (χ1v) is 6.30. The summed E-state index contributed by atoms with van der Waals surface area (Å²) in [6.45, 7) is 0.513. The minimum absolute atomic E-state index is 0.220. The molecule has 0 aliphatic heterocycles. The maximum atomic E-state index is 11.8. The van der Waals surface area contributed by atoms with Gasteiger partial charge in [-0.25, -0.2) is 9.97 Å². The fraction of sp³-hybridized carbons (Fsp3) is 0.143. The van der Waals surface area contributed by atoms with Crippen LogP contribution >= 0.6 is 0 Å². The lowest BCUT2D eigenvalue weighted by atomic mass is 10.3.